The third-order valence-corrected chi connectivity index (χ3v) is 0. The first kappa shape index (κ1) is 31.5. The molecule has 0 aliphatic carbocycles. The van der Waals surface area contributed by atoms with E-state index in [1.165, 1.54) is 0 Å². The van der Waals surface area contributed by atoms with Crippen LogP contribution in [0.25, 0.3) is 0 Å². The molecule has 0 aromatic carbocycles. The van der Waals surface area contributed by atoms with Gasteiger partial charge < -0.3 is 57.7 Å². The van der Waals surface area contributed by atoms with Gasteiger partial charge in [-0.25, -0.2) is 0 Å². The molecule has 0 amide bonds. The van der Waals surface area contributed by atoms with E-state index in [0.717, 1.165) is 0 Å². The quantitative estimate of drug-likeness (QED) is 0.157. The van der Waals surface area contributed by atoms with Crippen molar-refractivity contribution in [3.8, 4) is 0 Å². The molecule has 0 aromatic rings. The Balaban J connectivity index is -0.0000000400. The van der Waals surface area contributed by atoms with Crippen molar-refractivity contribution in [1.29, 1.82) is 0 Å². The fourth-order valence-corrected chi connectivity index (χ4v) is 0. The zero-order chi connectivity index (χ0) is 13.5. The minimum Gasteiger partial charge on any atom is -0.790 e. The molecule has 0 aliphatic rings. The molecular weight excluding hydrogens is 703 g/mol. The molecule has 100 valence electrons. The summed E-state index contributed by atoms with van der Waals surface area (Å²) in [5.74, 6) is 0. The minimum atomic E-state index is -5.14. The number of phosphoric acid groups is 3. The van der Waals surface area contributed by atoms with E-state index in [0.29, 0.717) is 0 Å². The Morgan fingerprint density at radius 2 is 0.529 bits per heavy atom. The largest absolute Gasteiger partial charge is 3.00 e. The van der Waals surface area contributed by atoms with Crippen molar-refractivity contribution in [2.24, 2.45) is 0 Å². The molecule has 0 unspecified atom stereocenters. The zero-order valence-electron chi connectivity index (χ0n) is 7.25. The van der Waals surface area contributed by atoms with E-state index in [4.69, 9.17) is 57.7 Å². The summed E-state index contributed by atoms with van der Waals surface area (Å²) >= 11 is 0. The Bertz CT molecular complexity index is 206. The van der Waals surface area contributed by atoms with Gasteiger partial charge in [-0.2, -0.15) is 0 Å². The van der Waals surface area contributed by atoms with E-state index >= 15 is 0 Å². The molecule has 4 radical (unpaired) electrons. The summed E-state index contributed by atoms with van der Waals surface area (Å²) in [6, 6.07) is 0. The predicted octanol–water partition coefficient (Wildman–Crippen LogP) is -7.34. The molecule has 0 aromatic heterocycles. The maximum absolute atomic E-state index is 8.66. The Hall–Kier alpha value is 2.10. The number of rotatable bonds is 0. The van der Waals surface area contributed by atoms with Gasteiger partial charge in [0.25, 0.3) is 0 Å². The molecule has 0 fully saturated rings. The van der Waals surface area contributed by atoms with Crippen LogP contribution in [0.3, 0.4) is 0 Å². The second kappa shape index (κ2) is 13.1. The summed E-state index contributed by atoms with van der Waals surface area (Å²) < 4.78 is 26.0. The van der Waals surface area contributed by atoms with Crippen molar-refractivity contribution < 1.29 is 57.7 Å². The van der Waals surface area contributed by atoms with Crippen molar-refractivity contribution >= 4 is 75.9 Å². The second-order valence-electron chi connectivity index (χ2n) is 1.41. The Labute approximate surface area is 133 Å². The predicted molar refractivity (Wildman–Crippen MR) is 41.0 cm³/mol. The average molecular weight is 706 g/mol. The first-order valence-corrected chi connectivity index (χ1v) is 6.73. The number of hydrogen-bond donors (Lipinski definition) is 3. The minimum absolute atomic E-state index is 0. The monoisotopic (exact) mass is 706 g/mol. The van der Waals surface area contributed by atoms with Crippen LogP contribution in [0.4, 0.5) is 0 Å². The van der Waals surface area contributed by atoms with E-state index in [1.807, 2.05) is 0 Å². The van der Waals surface area contributed by atoms with Crippen molar-refractivity contribution in [2.75, 3.05) is 0 Å². The molecule has 17 heteroatoms. The van der Waals surface area contributed by atoms with Crippen molar-refractivity contribution in [2.45, 2.75) is 0 Å². The van der Waals surface area contributed by atoms with Crippen LogP contribution in [0.15, 0.2) is 0 Å². The van der Waals surface area contributed by atoms with Crippen LogP contribution >= 0.6 is 23.5 Å². The van der Waals surface area contributed by atoms with Gasteiger partial charge in [0.15, 0.2) is 0 Å². The maximum Gasteiger partial charge on any atom is 3.00 e. The maximum atomic E-state index is 8.66. The normalized spacial score (nSPS) is 10.4. The van der Waals surface area contributed by atoms with E-state index in [1.54, 1.807) is 0 Å². The van der Waals surface area contributed by atoms with Gasteiger partial charge >= 0.3 is 52.4 Å². The van der Waals surface area contributed by atoms with Crippen LogP contribution in [0.2, 0.25) is 0 Å². The summed E-state index contributed by atoms with van der Waals surface area (Å²) in [6.07, 6.45) is 0. The van der Waals surface area contributed by atoms with Crippen LogP contribution in [0, 0.1) is 0 Å². The van der Waals surface area contributed by atoms with Gasteiger partial charge in [-0.15, -0.1) is 0 Å². The Morgan fingerprint density at radius 1 is 0.529 bits per heavy atom. The molecule has 0 aliphatic heterocycles. The summed E-state index contributed by atoms with van der Waals surface area (Å²) in [5.41, 5.74) is 0. The van der Waals surface area contributed by atoms with E-state index < -0.39 is 23.5 Å². The van der Waals surface area contributed by atoms with Gasteiger partial charge in [0, 0.05) is 0 Å². The summed E-state index contributed by atoms with van der Waals surface area (Å²) in [5, 5.41) is 0. The molecule has 3 N–H and O–H groups in total. The fourth-order valence-electron chi connectivity index (χ4n) is 0. The van der Waals surface area contributed by atoms with E-state index in [-0.39, 0.29) is 52.4 Å². The van der Waals surface area contributed by atoms with Crippen molar-refractivity contribution in [3.63, 3.8) is 0 Å². The third-order valence-electron chi connectivity index (χ3n) is 0. The molecule has 0 spiro atoms. The van der Waals surface area contributed by atoms with Crippen molar-refractivity contribution in [1.82, 2.24) is 0 Å². The molecule has 0 heterocycles. The molecule has 17 heavy (non-hydrogen) atoms. The summed E-state index contributed by atoms with van der Waals surface area (Å²) in [6.45, 7) is 0. The molecule has 0 atom stereocenters. The molecular formula is H3Bi2O12P3. The van der Waals surface area contributed by atoms with Gasteiger partial charge in [0.05, 0.1) is 23.5 Å². The first-order chi connectivity index (χ1) is 6.00. The SMILES string of the molecule is O=P([O-])([O-])O.O=P([O-])([O-])O.O=P([O-])([O-])O.[Bi+3].[Bi+3]. The molecule has 0 saturated carbocycles. The van der Waals surface area contributed by atoms with Crippen LogP contribution in [-0.4, -0.2) is 67.1 Å². The van der Waals surface area contributed by atoms with Gasteiger partial charge in [-0.05, 0) is 0 Å². The topological polar surface area (TPSA) is 250 Å². The Morgan fingerprint density at radius 3 is 0.529 bits per heavy atom. The zero-order valence-corrected chi connectivity index (χ0v) is 16.9. The van der Waals surface area contributed by atoms with Crippen LogP contribution in [-0.2, 0) is 13.7 Å². The van der Waals surface area contributed by atoms with Gasteiger partial charge in [-0.3, -0.25) is 0 Å². The summed E-state index contributed by atoms with van der Waals surface area (Å²) in [7, 11) is -15.4. The summed E-state index contributed by atoms with van der Waals surface area (Å²) in [4.78, 5) is 72.9. The first-order valence-electron chi connectivity index (χ1n) is 2.24. The third kappa shape index (κ3) is 1070. The van der Waals surface area contributed by atoms with Crippen molar-refractivity contribution in [3.05, 3.63) is 0 Å². The number of hydrogen-bond acceptors (Lipinski definition) is 9. The standard InChI is InChI=1S/2Bi.3H3O4P/c;;3*1-5(2,3)4/h;;3*(H3,1,2,3,4)/q2*+3;;;/p-6. The molecule has 0 rings (SSSR count). The van der Waals surface area contributed by atoms with Crippen LogP contribution in [0.5, 0.6) is 0 Å². The van der Waals surface area contributed by atoms with Gasteiger partial charge in [0.2, 0.25) is 0 Å². The van der Waals surface area contributed by atoms with E-state index in [9.17, 15) is 0 Å². The smallest absolute Gasteiger partial charge is 0.790 e. The fraction of sp³-hybridized carbons (Fsp3) is 0. The van der Waals surface area contributed by atoms with Crippen LogP contribution < -0.4 is 29.4 Å². The van der Waals surface area contributed by atoms with Gasteiger partial charge in [-0.1, -0.05) is 0 Å². The molecule has 12 nitrogen and oxygen atoms in total. The molecule has 0 bridgehead atoms. The van der Waals surface area contributed by atoms with Gasteiger partial charge in [0.1, 0.15) is 0 Å². The average Bonchev–Trinajstić information content (AvgIpc) is 1.41. The second-order valence-corrected chi connectivity index (χ2v) is 4.22. The Kier molecular flexibility index (Phi) is 24.2. The van der Waals surface area contributed by atoms with E-state index in [2.05, 4.69) is 0 Å². The molecule has 0 saturated heterocycles. The van der Waals surface area contributed by atoms with Crippen LogP contribution in [0.1, 0.15) is 0 Å².